The Labute approximate surface area is 192 Å². The van der Waals surface area contributed by atoms with Crippen molar-refractivity contribution >= 4 is 32.3 Å². The van der Waals surface area contributed by atoms with E-state index >= 15 is 0 Å². The molecule has 158 valence electrons. The summed E-state index contributed by atoms with van der Waals surface area (Å²) in [5.74, 6) is -0.216. The Balaban J connectivity index is 1.55. The molecule has 0 N–H and O–H groups in total. The van der Waals surface area contributed by atoms with E-state index in [-0.39, 0.29) is 5.82 Å². The topological polar surface area (TPSA) is 12.9 Å². The van der Waals surface area contributed by atoms with Crippen LogP contribution >= 0.6 is 0 Å². The molecule has 1 nitrogen and oxygen atoms in total. The van der Waals surface area contributed by atoms with Gasteiger partial charge in [-0.05, 0) is 88.3 Å². The largest absolute Gasteiger partial charge is 0.256 e. The molecule has 0 unspecified atom stereocenters. The first-order valence-electron chi connectivity index (χ1n) is 11.2. The van der Waals surface area contributed by atoms with E-state index in [9.17, 15) is 4.39 Å². The SMILES string of the molecule is Cc1cc(C)cc(-c2nccc3c2ccc2c4ccc(-c5ccc(F)cc5)cc4ccc32)c1. The predicted molar refractivity (Wildman–Crippen MR) is 137 cm³/mol. The quantitative estimate of drug-likeness (QED) is 0.252. The van der Waals surface area contributed by atoms with Gasteiger partial charge in [-0.25, -0.2) is 4.39 Å². The standard InChI is InChI=1S/C31H22FN/c1-19-15-20(2)17-24(16-19)31-30-12-11-27-26-9-5-22(21-3-7-25(32)8-4-21)18-23(26)6-10-28(27)29(30)13-14-33-31/h3-18H,1-2H3. The summed E-state index contributed by atoms with van der Waals surface area (Å²) in [6.07, 6.45) is 1.91. The Bertz CT molecular complexity index is 1660. The van der Waals surface area contributed by atoms with Crippen LogP contribution in [-0.4, -0.2) is 4.98 Å². The molecule has 0 aliphatic carbocycles. The molecule has 0 spiro atoms. The molecule has 33 heavy (non-hydrogen) atoms. The fraction of sp³-hybridized carbons (Fsp3) is 0.0645. The van der Waals surface area contributed by atoms with Gasteiger partial charge in [0.25, 0.3) is 0 Å². The monoisotopic (exact) mass is 427 g/mol. The smallest absolute Gasteiger partial charge is 0.123 e. The van der Waals surface area contributed by atoms with Crippen molar-refractivity contribution in [1.29, 1.82) is 0 Å². The van der Waals surface area contributed by atoms with E-state index in [1.165, 1.54) is 50.2 Å². The van der Waals surface area contributed by atoms with Crippen LogP contribution in [0.5, 0.6) is 0 Å². The molecule has 6 rings (SSSR count). The van der Waals surface area contributed by atoms with Gasteiger partial charge in [-0.3, -0.25) is 4.98 Å². The minimum Gasteiger partial charge on any atom is -0.256 e. The molecule has 1 aromatic heterocycles. The zero-order chi connectivity index (χ0) is 22.5. The summed E-state index contributed by atoms with van der Waals surface area (Å²) in [6.45, 7) is 4.26. The normalized spacial score (nSPS) is 11.5. The lowest BCUT2D eigenvalue weighted by molar-refractivity contribution is 0.628. The van der Waals surface area contributed by atoms with Crippen LogP contribution in [-0.2, 0) is 0 Å². The molecule has 0 aliphatic heterocycles. The first-order chi connectivity index (χ1) is 16.1. The molecule has 0 fully saturated rings. The van der Waals surface area contributed by atoms with Crippen LogP contribution in [0.25, 0.3) is 54.7 Å². The van der Waals surface area contributed by atoms with E-state index in [2.05, 4.69) is 80.6 Å². The number of fused-ring (bicyclic) bond motifs is 5. The van der Waals surface area contributed by atoms with E-state index in [0.29, 0.717) is 0 Å². The Hall–Kier alpha value is -4.04. The second-order valence-corrected chi connectivity index (χ2v) is 8.80. The van der Waals surface area contributed by atoms with E-state index in [1.807, 2.05) is 18.3 Å². The average molecular weight is 428 g/mol. The number of halogens is 1. The second-order valence-electron chi connectivity index (χ2n) is 8.80. The maximum absolute atomic E-state index is 13.3. The van der Waals surface area contributed by atoms with Crippen molar-refractivity contribution in [2.24, 2.45) is 0 Å². The summed E-state index contributed by atoms with van der Waals surface area (Å²) >= 11 is 0. The molecule has 1 heterocycles. The number of nitrogens with zero attached hydrogens (tertiary/aromatic N) is 1. The summed E-state index contributed by atoms with van der Waals surface area (Å²) in [7, 11) is 0. The van der Waals surface area contributed by atoms with Gasteiger partial charge in [-0.2, -0.15) is 0 Å². The van der Waals surface area contributed by atoms with Gasteiger partial charge in [0.15, 0.2) is 0 Å². The average Bonchev–Trinajstić information content (AvgIpc) is 2.82. The third-order valence-electron chi connectivity index (χ3n) is 6.43. The van der Waals surface area contributed by atoms with Crippen molar-refractivity contribution in [2.45, 2.75) is 13.8 Å². The first kappa shape index (κ1) is 19.6. The number of hydrogen-bond acceptors (Lipinski definition) is 1. The van der Waals surface area contributed by atoms with Crippen molar-refractivity contribution in [3.63, 3.8) is 0 Å². The van der Waals surface area contributed by atoms with Gasteiger partial charge in [0.05, 0.1) is 5.69 Å². The molecule has 0 bridgehead atoms. The molecule has 0 radical (unpaired) electrons. The van der Waals surface area contributed by atoms with Crippen LogP contribution in [0.15, 0.2) is 97.2 Å². The molecule has 0 aliphatic rings. The van der Waals surface area contributed by atoms with Gasteiger partial charge in [0.1, 0.15) is 5.82 Å². The Kier molecular flexibility index (Phi) is 4.48. The third kappa shape index (κ3) is 3.35. The van der Waals surface area contributed by atoms with Crippen LogP contribution < -0.4 is 0 Å². The van der Waals surface area contributed by atoms with Crippen LogP contribution in [0, 0.1) is 19.7 Å². The number of aryl methyl sites for hydroxylation is 2. The fourth-order valence-corrected chi connectivity index (χ4v) is 4.98. The highest BCUT2D eigenvalue weighted by atomic mass is 19.1. The Morgan fingerprint density at radius 2 is 1.12 bits per heavy atom. The zero-order valence-corrected chi connectivity index (χ0v) is 18.6. The van der Waals surface area contributed by atoms with E-state index in [0.717, 1.165) is 27.8 Å². The summed E-state index contributed by atoms with van der Waals surface area (Å²) in [5.41, 5.74) is 6.76. The van der Waals surface area contributed by atoms with Gasteiger partial charge >= 0.3 is 0 Å². The number of benzene rings is 5. The Morgan fingerprint density at radius 1 is 0.515 bits per heavy atom. The fourth-order valence-electron chi connectivity index (χ4n) is 4.98. The third-order valence-corrected chi connectivity index (χ3v) is 6.43. The molecule has 6 aromatic rings. The van der Waals surface area contributed by atoms with Crippen molar-refractivity contribution in [1.82, 2.24) is 4.98 Å². The van der Waals surface area contributed by atoms with Gasteiger partial charge in [-0.1, -0.05) is 65.7 Å². The summed E-state index contributed by atoms with van der Waals surface area (Å²) in [5, 5.41) is 7.21. The molecular weight excluding hydrogens is 405 g/mol. The molecule has 0 amide bonds. The van der Waals surface area contributed by atoms with Gasteiger partial charge in [-0.15, -0.1) is 0 Å². The van der Waals surface area contributed by atoms with Crippen molar-refractivity contribution in [3.8, 4) is 22.4 Å². The van der Waals surface area contributed by atoms with Crippen LogP contribution in [0.2, 0.25) is 0 Å². The Morgan fingerprint density at radius 3 is 1.91 bits per heavy atom. The van der Waals surface area contributed by atoms with E-state index < -0.39 is 0 Å². The van der Waals surface area contributed by atoms with E-state index in [4.69, 9.17) is 4.98 Å². The summed E-state index contributed by atoms with van der Waals surface area (Å²) < 4.78 is 13.3. The van der Waals surface area contributed by atoms with Gasteiger partial charge < -0.3 is 0 Å². The molecule has 2 heteroatoms. The minimum absolute atomic E-state index is 0.216. The lowest BCUT2D eigenvalue weighted by Gasteiger charge is -2.12. The van der Waals surface area contributed by atoms with Crippen molar-refractivity contribution < 1.29 is 4.39 Å². The summed E-state index contributed by atoms with van der Waals surface area (Å²) in [4.78, 5) is 4.75. The van der Waals surface area contributed by atoms with Crippen molar-refractivity contribution in [3.05, 3.63) is 114 Å². The minimum atomic E-state index is -0.216. The lowest BCUT2D eigenvalue weighted by Crippen LogP contribution is -1.90. The highest BCUT2D eigenvalue weighted by Gasteiger charge is 2.11. The summed E-state index contributed by atoms with van der Waals surface area (Å²) in [6, 6.07) is 30.7. The second kappa shape index (κ2) is 7.53. The van der Waals surface area contributed by atoms with Gasteiger partial charge in [0, 0.05) is 17.1 Å². The number of pyridine rings is 1. The predicted octanol–water partition coefficient (Wildman–Crippen LogP) is 8.63. The maximum Gasteiger partial charge on any atom is 0.123 e. The highest BCUT2D eigenvalue weighted by molar-refractivity contribution is 6.19. The van der Waals surface area contributed by atoms with Gasteiger partial charge in [0.2, 0.25) is 0 Å². The lowest BCUT2D eigenvalue weighted by atomic mass is 9.93. The molecule has 0 atom stereocenters. The van der Waals surface area contributed by atoms with Crippen molar-refractivity contribution in [2.75, 3.05) is 0 Å². The zero-order valence-electron chi connectivity index (χ0n) is 18.6. The number of hydrogen-bond donors (Lipinski definition) is 0. The maximum atomic E-state index is 13.3. The van der Waals surface area contributed by atoms with Crippen LogP contribution in [0.1, 0.15) is 11.1 Å². The molecule has 0 saturated heterocycles. The highest BCUT2D eigenvalue weighted by Crippen LogP contribution is 2.36. The molecular formula is C31H22FN. The molecule has 0 saturated carbocycles. The number of aromatic nitrogens is 1. The van der Waals surface area contributed by atoms with E-state index in [1.54, 1.807) is 0 Å². The number of rotatable bonds is 2. The van der Waals surface area contributed by atoms with Crippen LogP contribution in [0.3, 0.4) is 0 Å². The molecule has 5 aromatic carbocycles. The van der Waals surface area contributed by atoms with Crippen LogP contribution in [0.4, 0.5) is 4.39 Å². The first-order valence-corrected chi connectivity index (χ1v) is 11.2.